The largest absolute Gasteiger partial charge is 0.497 e. The highest BCUT2D eigenvalue weighted by molar-refractivity contribution is 8.14. The number of hydrogen-bond donors (Lipinski definition) is 0. The van der Waals surface area contributed by atoms with Gasteiger partial charge in [0.15, 0.2) is 6.29 Å². The van der Waals surface area contributed by atoms with E-state index >= 15 is 0 Å². The molecule has 0 amide bonds. The fraction of sp³-hybridized carbons (Fsp3) is 0.588. The molecule has 6 heteroatoms. The van der Waals surface area contributed by atoms with Crippen molar-refractivity contribution in [3.05, 3.63) is 29.8 Å². The average Bonchev–Trinajstić information content (AvgIpc) is 2.92. The van der Waals surface area contributed by atoms with Gasteiger partial charge in [-0.1, -0.05) is 23.9 Å². The van der Waals surface area contributed by atoms with Crippen LogP contribution in [0.15, 0.2) is 29.3 Å². The zero-order valence-electron chi connectivity index (χ0n) is 13.3. The maximum atomic E-state index is 6.14. The van der Waals surface area contributed by atoms with Crippen LogP contribution >= 0.6 is 11.8 Å². The molecule has 124 valence electrons. The summed E-state index contributed by atoms with van der Waals surface area (Å²) in [5, 5.41) is 1.11. The van der Waals surface area contributed by atoms with Gasteiger partial charge >= 0.3 is 0 Å². The summed E-state index contributed by atoms with van der Waals surface area (Å²) in [5.41, 5.74) is 1.32. The van der Waals surface area contributed by atoms with Crippen LogP contribution in [0.4, 0.5) is 0 Å². The molecule has 2 saturated heterocycles. The molecule has 0 saturated carbocycles. The Hall–Kier alpha value is -1.08. The number of hydrogen-bond acceptors (Lipinski definition) is 6. The molecule has 5 unspecified atom stereocenters. The van der Waals surface area contributed by atoms with Crippen molar-refractivity contribution in [3.63, 3.8) is 0 Å². The first-order valence-corrected chi connectivity index (χ1v) is 8.86. The monoisotopic (exact) mass is 335 g/mol. The maximum absolute atomic E-state index is 6.14. The third-order valence-corrected chi connectivity index (χ3v) is 5.58. The van der Waals surface area contributed by atoms with Gasteiger partial charge in [0.2, 0.25) is 0 Å². The number of fused-ring (bicyclic) bond motifs is 2. The molecule has 1 aromatic rings. The summed E-state index contributed by atoms with van der Waals surface area (Å²) < 4.78 is 23.3. The molecule has 3 heterocycles. The van der Waals surface area contributed by atoms with E-state index in [1.165, 1.54) is 5.56 Å². The van der Waals surface area contributed by atoms with Gasteiger partial charge in [-0.05, 0) is 24.6 Å². The fourth-order valence-electron chi connectivity index (χ4n) is 3.29. The number of aliphatic imine (C=N–C) groups is 1. The van der Waals surface area contributed by atoms with E-state index in [0.29, 0.717) is 6.61 Å². The first-order chi connectivity index (χ1) is 11.2. The first-order valence-electron chi connectivity index (χ1n) is 7.98. The van der Waals surface area contributed by atoms with Crippen molar-refractivity contribution >= 4 is 16.8 Å². The summed E-state index contributed by atoms with van der Waals surface area (Å²) in [4.78, 5) is 4.65. The van der Waals surface area contributed by atoms with E-state index in [-0.39, 0.29) is 30.0 Å². The molecule has 4 rings (SSSR count). The predicted octanol–water partition coefficient (Wildman–Crippen LogP) is 2.63. The molecule has 0 aromatic heterocycles. The van der Waals surface area contributed by atoms with Crippen LogP contribution < -0.4 is 4.74 Å². The molecule has 5 nitrogen and oxygen atoms in total. The second-order valence-electron chi connectivity index (χ2n) is 6.10. The van der Waals surface area contributed by atoms with Crippen molar-refractivity contribution in [1.29, 1.82) is 0 Å². The Balaban J connectivity index is 1.37. The Morgan fingerprint density at radius 1 is 1.22 bits per heavy atom. The molecule has 2 fully saturated rings. The van der Waals surface area contributed by atoms with Gasteiger partial charge in [-0.2, -0.15) is 0 Å². The molecule has 0 aliphatic carbocycles. The normalized spacial score (nSPS) is 36.1. The van der Waals surface area contributed by atoms with Gasteiger partial charge in [-0.15, -0.1) is 0 Å². The number of rotatable bonds is 3. The average molecular weight is 335 g/mol. The standard InChI is InChI=1S/C17H21NO4S/c1-10-18-13-8-14-15(22-17(13)23-10)9-20-16(21-14)7-11-3-5-12(19-2)6-4-11/h3-6,13-17H,7-9H2,1-2H3. The molecule has 3 aliphatic rings. The molecule has 0 spiro atoms. The molecule has 0 bridgehead atoms. The Morgan fingerprint density at radius 3 is 2.83 bits per heavy atom. The number of nitrogens with zero attached hydrogens (tertiary/aromatic N) is 1. The lowest BCUT2D eigenvalue weighted by Crippen LogP contribution is -2.53. The highest BCUT2D eigenvalue weighted by Gasteiger charge is 2.45. The Labute approximate surface area is 140 Å². The van der Waals surface area contributed by atoms with E-state index in [4.69, 9.17) is 18.9 Å². The minimum atomic E-state index is -0.219. The lowest BCUT2D eigenvalue weighted by atomic mass is 10.0. The van der Waals surface area contributed by atoms with Crippen LogP contribution in [0, 0.1) is 0 Å². The van der Waals surface area contributed by atoms with Crippen LogP contribution in [-0.2, 0) is 20.6 Å². The number of thioether (sulfide) groups is 1. The Morgan fingerprint density at radius 2 is 2.04 bits per heavy atom. The van der Waals surface area contributed by atoms with Crippen molar-refractivity contribution < 1.29 is 18.9 Å². The summed E-state index contributed by atoms with van der Waals surface area (Å²) in [7, 11) is 1.67. The lowest BCUT2D eigenvalue weighted by molar-refractivity contribution is -0.277. The molecule has 1 aromatic carbocycles. The van der Waals surface area contributed by atoms with E-state index in [1.807, 2.05) is 31.2 Å². The zero-order chi connectivity index (χ0) is 15.8. The third-order valence-electron chi connectivity index (χ3n) is 4.48. The molecular formula is C17H21NO4S. The van der Waals surface area contributed by atoms with E-state index in [2.05, 4.69) is 4.99 Å². The quantitative estimate of drug-likeness (QED) is 0.850. The molecule has 0 radical (unpaired) electrons. The van der Waals surface area contributed by atoms with Gasteiger partial charge in [0.05, 0.1) is 30.9 Å². The second kappa shape index (κ2) is 6.43. The number of ether oxygens (including phenoxy) is 4. The van der Waals surface area contributed by atoms with Crippen molar-refractivity contribution in [2.45, 2.75) is 49.7 Å². The smallest absolute Gasteiger partial charge is 0.162 e. The summed E-state index contributed by atoms with van der Waals surface area (Å²) in [5.74, 6) is 0.859. The Bertz CT molecular complexity index is 591. The van der Waals surface area contributed by atoms with Crippen molar-refractivity contribution in [2.24, 2.45) is 4.99 Å². The van der Waals surface area contributed by atoms with Crippen LogP contribution in [0.25, 0.3) is 0 Å². The summed E-state index contributed by atoms with van der Waals surface area (Å²) in [6, 6.07) is 8.24. The van der Waals surface area contributed by atoms with Gasteiger partial charge in [0, 0.05) is 12.8 Å². The van der Waals surface area contributed by atoms with E-state index in [0.717, 1.165) is 23.6 Å². The predicted molar refractivity (Wildman–Crippen MR) is 89.1 cm³/mol. The molecule has 23 heavy (non-hydrogen) atoms. The van der Waals surface area contributed by atoms with Crippen LogP contribution in [-0.4, -0.2) is 48.7 Å². The van der Waals surface area contributed by atoms with Gasteiger partial charge in [0.25, 0.3) is 0 Å². The topological polar surface area (TPSA) is 49.3 Å². The highest BCUT2D eigenvalue weighted by Crippen LogP contribution is 2.38. The molecule has 5 atom stereocenters. The molecular weight excluding hydrogens is 314 g/mol. The summed E-state index contributed by atoms with van der Waals surface area (Å²) in [6.07, 6.45) is 1.53. The maximum Gasteiger partial charge on any atom is 0.162 e. The van der Waals surface area contributed by atoms with Crippen LogP contribution in [0.1, 0.15) is 18.9 Å². The SMILES string of the molecule is COc1ccc(CC2OCC3OC4SC(C)=NC4CC3O2)cc1. The Kier molecular flexibility index (Phi) is 4.32. The minimum absolute atomic E-state index is 0.0250. The van der Waals surface area contributed by atoms with Crippen LogP contribution in [0.2, 0.25) is 0 Å². The second-order valence-corrected chi connectivity index (χ2v) is 7.39. The fourth-order valence-corrected chi connectivity index (χ4v) is 4.35. The molecule has 3 aliphatic heterocycles. The van der Waals surface area contributed by atoms with Gasteiger partial charge in [-0.25, -0.2) is 0 Å². The van der Waals surface area contributed by atoms with E-state index < -0.39 is 0 Å². The number of benzene rings is 1. The zero-order valence-corrected chi connectivity index (χ0v) is 14.1. The highest BCUT2D eigenvalue weighted by atomic mass is 32.2. The van der Waals surface area contributed by atoms with E-state index in [1.54, 1.807) is 18.9 Å². The minimum Gasteiger partial charge on any atom is -0.497 e. The third kappa shape index (κ3) is 3.26. The van der Waals surface area contributed by atoms with Crippen molar-refractivity contribution in [3.8, 4) is 5.75 Å². The summed E-state index contributed by atoms with van der Waals surface area (Å²) >= 11 is 1.72. The first kappa shape index (κ1) is 15.4. The van der Waals surface area contributed by atoms with Gasteiger partial charge < -0.3 is 18.9 Å². The number of methoxy groups -OCH3 is 1. The van der Waals surface area contributed by atoms with E-state index in [9.17, 15) is 0 Å². The van der Waals surface area contributed by atoms with Crippen molar-refractivity contribution in [2.75, 3.05) is 13.7 Å². The lowest BCUT2D eigenvalue weighted by Gasteiger charge is -2.42. The van der Waals surface area contributed by atoms with Gasteiger partial charge in [0.1, 0.15) is 17.3 Å². The van der Waals surface area contributed by atoms with Crippen molar-refractivity contribution in [1.82, 2.24) is 0 Å². The molecule has 0 N–H and O–H groups in total. The van der Waals surface area contributed by atoms with Crippen LogP contribution in [0.3, 0.4) is 0 Å². The van der Waals surface area contributed by atoms with Crippen LogP contribution in [0.5, 0.6) is 5.75 Å². The summed E-state index contributed by atoms with van der Waals surface area (Å²) in [6.45, 7) is 2.63. The van der Waals surface area contributed by atoms with Gasteiger partial charge in [-0.3, -0.25) is 4.99 Å².